The molecule has 1 aromatic heterocycles. The van der Waals surface area contributed by atoms with Gasteiger partial charge in [-0.2, -0.15) is 5.10 Å². The highest BCUT2D eigenvalue weighted by molar-refractivity contribution is 5.95. The molecule has 5 nitrogen and oxygen atoms in total. The van der Waals surface area contributed by atoms with E-state index >= 15 is 0 Å². The number of fused-ring (bicyclic) bond motifs is 1. The van der Waals surface area contributed by atoms with Gasteiger partial charge in [0.1, 0.15) is 0 Å². The number of amides is 1. The number of aromatic nitrogens is 2. The van der Waals surface area contributed by atoms with Crippen molar-refractivity contribution in [3.05, 3.63) is 17.5 Å². The lowest BCUT2D eigenvalue weighted by Crippen LogP contribution is -2.33. The number of aryl methyl sites for hydroxylation is 1. The first-order chi connectivity index (χ1) is 7.22. The van der Waals surface area contributed by atoms with Crippen molar-refractivity contribution >= 4 is 5.91 Å². The van der Waals surface area contributed by atoms with Crippen LogP contribution in [0.3, 0.4) is 0 Å². The Balaban J connectivity index is 2.26. The monoisotopic (exact) mass is 208 g/mol. The first kappa shape index (κ1) is 10.2. The summed E-state index contributed by atoms with van der Waals surface area (Å²) in [7, 11) is 0. The van der Waals surface area contributed by atoms with Gasteiger partial charge in [-0.25, -0.2) is 0 Å². The average Bonchev–Trinajstić information content (AvgIpc) is 2.60. The number of nitrogens with two attached hydrogens (primary N) is 1. The molecule has 82 valence electrons. The van der Waals surface area contributed by atoms with Crippen LogP contribution >= 0.6 is 0 Å². The standard InChI is InChI=1S/C10H16N4O/c1-2-12-10(15)8-6-13-14-4-3-7(11)5-9(8)14/h6-7H,2-5,11H2,1H3,(H,12,15). The molecule has 0 radical (unpaired) electrons. The van der Waals surface area contributed by atoms with Crippen molar-refractivity contribution in [1.29, 1.82) is 0 Å². The minimum absolute atomic E-state index is 0.0483. The summed E-state index contributed by atoms with van der Waals surface area (Å²) >= 11 is 0. The predicted octanol–water partition coefficient (Wildman–Crippen LogP) is -0.0937. The van der Waals surface area contributed by atoms with Gasteiger partial charge >= 0.3 is 0 Å². The molecule has 0 fully saturated rings. The van der Waals surface area contributed by atoms with Gasteiger partial charge in [-0.05, 0) is 13.3 Å². The highest BCUT2D eigenvalue weighted by Crippen LogP contribution is 2.17. The second kappa shape index (κ2) is 4.02. The van der Waals surface area contributed by atoms with Crippen molar-refractivity contribution in [3.63, 3.8) is 0 Å². The fraction of sp³-hybridized carbons (Fsp3) is 0.600. The van der Waals surface area contributed by atoms with Crippen molar-refractivity contribution < 1.29 is 4.79 Å². The third-order valence-electron chi connectivity index (χ3n) is 2.70. The molecule has 0 saturated heterocycles. The highest BCUT2D eigenvalue weighted by Gasteiger charge is 2.22. The second-order valence-corrected chi connectivity index (χ2v) is 3.84. The average molecular weight is 208 g/mol. The van der Waals surface area contributed by atoms with E-state index in [1.54, 1.807) is 6.20 Å². The molecule has 1 aliphatic heterocycles. The van der Waals surface area contributed by atoms with Gasteiger partial charge in [0.15, 0.2) is 0 Å². The molecule has 0 aromatic carbocycles. The first-order valence-corrected chi connectivity index (χ1v) is 5.30. The molecule has 2 rings (SSSR count). The third-order valence-corrected chi connectivity index (χ3v) is 2.70. The predicted molar refractivity (Wildman–Crippen MR) is 56.5 cm³/mol. The summed E-state index contributed by atoms with van der Waals surface area (Å²) in [5.41, 5.74) is 7.52. The summed E-state index contributed by atoms with van der Waals surface area (Å²) in [6.07, 6.45) is 3.31. The molecule has 0 saturated carbocycles. The maximum atomic E-state index is 11.7. The zero-order chi connectivity index (χ0) is 10.8. The first-order valence-electron chi connectivity index (χ1n) is 5.30. The van der Waals surface area contributed by atoms with Gasteiger partial charge in [0.25, 0.3) is 5.91 Å². The maximum Gasteiger partial charge on any atom is 0.254 e. The van der Waals surface area contributed by atoms with E-state index in [1.807, 2.05) is 11.6 Å². The summed E-state index contributed by atoms with van der Waals surface area (Å²) in [6, 6.07) is 0.155. The van der Waals surface area contributed by atoms with Crippen LogP contribution in [0.2, 0.25) is 0 Å². The molecule has 1 aromatic rings. The van der Waals surface area contributed by atoms with Gasteiger partial charge in [-0.3, -0.25) is 9.48 Å². The normalized spacial score (nSPS) is 19.7. The second-order valence-electron chi connectivity index (χ2n) is 3.84. The number of nitrogens with one attached hydrogen (secondary N) is 1. The number of hydrogen-bond donors (Lipinski definition) is 2. The lowest BCUT2D eigenvalue weighted by molar-refractivity contribution is 0.0954. The Morgan fingerprint density at radius 3 is 3.33 bits per heavy atom. The molecular formula is C10H16N4O. The van der Waals surface area contributed by atoms with E-state index in [-0.39, 0.29) is 11.9 Å². The van der Waals surface area contributed by atoms with Gasteiger partial charge in [0.2, 0.25) is 0 Å². The van der Waals surface area contributed by atoms with Crippen LogP contribution in [0.1, 0.15) is 29.4 Å². The van der Waals surface area contributed by atoms with Crippen molar-refractivity contribution in [2.45, 2.75) is 32.4 Å². The van der Waals surface area contributed by atoms with Crippen molar-refractivity contribution in [1.82, 2.24) is 15.1 Å². The van der Waals surface area contributed by atoms with E-state index in [0.717, 1.165) is 25.1 Å². The summed E-state index contributed by atoms with van der Waals surface area (Å²) in [6.45, 7) is 3.35. The Bertz CT molecular complexity index is 371. The van der Waals surface area contributed by atoms with E-state index in [2.05, 4.69) is 10.4 Å². The van der Waals surface area contributed by atoms with Crippen LogP contribution in [0.25, 0.3) is 0 Å². The van der Waals surface area contributed by atoms with Crippen LogP contribution < -0.4 is 11.1 Å². The van der Waals surface area contributed by atoms with Gasteiger partial charge in [0, 0.05) is 25.6 Å². The van der Waals surface area contributed by atoms with Crippen LogP contribution in [-0.2, 0) is 13.0 Å². The number of nitrogens with zero attached hydrogens (tertiary/aromatic N) is 2. The fourth-order valence-electron chi connectivity index (χ4n) is 1.90. The van der Waals surface area contributed by atoms with Crippen LogP contribution in [0.15, 0.2) is 6.20 Å². The molecule has 1 unspecified atom stereocenters. The molecule has 3 N–H and O–H groups in total. The minimum atomic E-state index is -0.0483. The molecule has 1 amide bonds. The minimum Gasteiger partial charge on any atom is -0.352 e. The van der Waals surface area contributed by atoms with Crippen LogP contribution in [-0.4, -0.2) is 28.3 Å². The lowest BCUT2D eigenvalue weighted by Gasteiger charge is -2.20. The molecule has 15 heavy (non-hydrogen) atoms. The summed E-state index contributed by atoms with van der Waals surface area (Å²) in [4.78, 5) is 11.7. The third kappa shape index (κ3) is 1.87. The molecule has 2 heterocycles. The largest absolute Gasteiger partial charge is 0.352 e. The zero-order valence-electron chi connectivity index (χ0n) is 8.86. The maximum absolute atomic E-state index is 11.7. The molecule has 0 bridgehead atoms. The van der Waals surface area contributed by atoms with Gasteiger partial charge < -0.3 is 11.1 Å². The molecule has 1 aliphatic rings. The molecule has 1 atom stereocenters. The fourth-order valence-corrected chi connectivity index (χ4v) is 1.90. The molecule has 0 spiro atoms. The summed E-state index contributed by atoms with van der Waals surface area (Å²) in [5, 5.41) is 6.97. The van der Waals surface area contributed by atoms with E-state index < -0.39 is 0 Å². The quantitative estimate of drug-likeness (QED) is 0.713. The van der Waals surface area contributed by atoms with Crippen LogP contribution in [0.4, 0.5) is 0 Å². The van der Waals surface area contributed by atoms with Gasteiger partial charge in [0.05, 0.1) is 17.5 Å². The van der Waals surface area contributed by atoms with Gasteiger partial charge in [-0.1, -0.05) is 0 Å². The molecule has 0 aliphatic carbocycles. The van der Waals surface area contributed by atoms with Gasteiger partial charge in [-0.15, -0.1) is 0 Å². The van der Waals surface area contributed by atoms with Crippen molar-refractivity contribution in [2.75, 3.05) is 6.54 Å². The van der Waals surface area contributed by atoms with Crippen LogP contribution in [0, 0.1) is 0 Å². The summed E-state index contributed by atoms with van der Waals surface area (Å²) in [5.74, 6) is -0.0483. The van der Waals surface area contributed by atoms with Crippen molar-refractivity contribution in [3.8, 4) is 0 Å². The Hall–Kier alpha value is -1.36. The lowest BCUT2D eigenvalue weighted by atomic mass is 10.0. The number of rotatable bonds is 2. The van der Waals surface area contributed by atoms with E-state index in [9.17, 15) is 4.79 Å². The Morgan fingerprint density at radius 2 is 2.60 bits per heavy atom. The highest BCUT2D eigenvalue weighted by atomic mass is 16.1. The Kier molecular flexibility index (Phi) is 2.73. The number of carbonyl (C=O) groups excluding carboxylic acids is 1. The Morgan fingerprint density at radius 1 is 1.80 bits per heavy atom. The topological polar surface area (TPSA) is 72.9 Å². The molecular weight excluding hydrogens is 192 g/mol. The smallest absolute Gasteiger partial charge is 0.254 e. The molecule has 5 heteroatoms. The van der Waals surface area contributed by atoms with E-state index in [0.29, 0.717) is 12.1 Å². The Labute approximate surface area is 88.6 Å². The van der Waals surface area contributed by atoms with E-state index in [4.69, 9.17) is 5.73 Å². The van der Waals surface area contributed by atoms with Crippen LogP contribution in [0.5, 0.6) is 0 Å². The SMILES string of the molecule is CCNC(=O)c1cnn2c1CC(N)CC2. The zero-order valence-corrected chi connectivity index (χ0v) is 8.86. The van der Waals surface area contributed by atoms with Crippen molar-refractivity contribution in [2.24, 2.45) is 5.73 Å². The number of hydrogen-bond acceptors (Lipinski definition) is 3. The number of carbonyl (C=O) groups is 1. The summed E-state index contributed by atoms with van der Waals surface area (Å²) < 4.78 is 1.88. The van der Waals surface area contributed by atoms with E-state index in [1.165, 1.54) is 0 Å².